The van der Waals surface area contributed by atoms with E-state index in [1.165, 1.54) is 36.8 Å². The van der Waals surface area contributed by atoms with Crippen LogP contribution in [0.5, 0.6) is 0 Å². The van der Waals surface area contributed by atoms with Crippen LogP contribution >= 0.6 is 0 Å². The van der Waals surface area contributed by atoms with Crippen molar-refractivity contribution < 1.29 is 0 Å². The first-order valence-electron chi connectivity index (χ1n) is 7.35. The Morgan fingerprint density at radius 1 is 1.17 bits per heavy atom. The smallest absolute Gasteiger partial charge is 0.0210 e. The molecule has 2 heteroatoms. The van der Waals surface area contributed by atoms with Gasteiger partial charge in [0.15, 0.2) is 0 Å². The van der Waals surface area contributed by atoms with Gasteiger partial charge in [-0.3, -0.25) is 0 Å². The molecule has 1 fully saturated rings. The maximum atomic E-state index is 5.88. The van der Waals surface area contributed by atoms with Crippen molar-refractivity contribution in [1.29, 1.82) is 0 Å². The van der Waals surface area contributed by atoms with Gasteiger partial charge in [0.25, 0.3) is 0 Å². The molecule has 1 aliphatic carbocycles. The van der Waals surface area contributed by atoms with E-state index in [0.29, 0.717) is 12.0 Å². The van der Waals surface area contributed by atoms with E-state index < -0.39 is 0 Å². The largest absolute Gasteiger partial charge is 0.330 e. The molecule has 0 amide bonds. The summed E-state index contributed by atoms with van der Waals surface area (Å²) >= 11 is 0. The van der Waals surface area contributed by atoms with Crippen LogP contribution < -0.4 is 11.1 Å². The van der Waals surface area contributed by atoms with Gasteiger partial charge in [0.1, 0.15) is 0 Å². The van der Waals surface area contributed by atoms with E-state index in [1.807, 2.05) is 0 Å². The van der Waals surface area contributed by atoms with Crippen LogP contribution in [0.25, 0.3) is 0 Å². The topological polar surface area (TPSA) is 38.0 Å². The van der Waals surface area contributed by atoms with Gasteiger partial charge < -0.3 is 11.1 Å². The molecule has 1 aromatic carbocycles. The summed E-state index contributed by atoms with van der Waals surface area (Å²) in [7, 11) is 0. The van der Waals surface area contributed by atoms with Crippen LogP contribution in [0.4, 0.5) is 0 Å². The zero-order valence-electron chi connectivity index (χ0n) is 11.5. The van der Waals surface area contributed by atoms with E-state index in [4.69, 9.17) is 5.73 Å². The molecular weight excluding hydrogens is 220 g/mol. The lowest BCUT2D eigenvalue weighted by atomic mass is 9.84. The fourth-order valence-electron chi connectivity index (χ4n) is 3.07. The van der Waals surface area contributed by atoms with E-state index in [-0.39, 0.29) is 0 Å². The van der Waals surface area contributed by atoms with E-state index in [9.17, 15) is 0 Å². The van der Waals surface area contributed by atoms with Crippen molar-refractivity contribution in [1.82, 2.24) is 5.32 Å². The van der Waals surface area contributed by atoms with Gasteiger partial charge in [-0.15, -0.1) is 0 Å². The molecule has 0 aliphatic heterocycles. The Hall–Kier alpha value is -0.860. The Kier molecular flexibility index (Phi) is 5.21. The second kappa shape index (κ2) is 6.91. The minimum Gasteiger partial charge on any atom is -0.330 e. The quantitative estimate of drug-likeness (QED) is 0.838. The molecular formula is C16H26N2. The molecule has 100 valence electrons. The third-order valence-corrected chi connectivity index (χ3v) is 4.27. The average molecular weight is 246 g/mol. The monoisotopic (exact) mass is 246 g/mol. The van der Waals surface area contributed by atoms with Crippen molar-refractivity contribution in [3.8, 4) is 0 Å². The number of hydrogen-bond acceptors (Lipinski definition) is 2. The Morgan fingerprint density at radius 2 is 1.89 bits per heavy atom. The number of aryl methyl sites for hydroxylation is 1. The molecule has 0 spiro atoms. The summed E-state index contributed by atoms with van der Waals surface area (Å²) in [6.07, 6.45) is 6.40. The highest BCUT2D eigenvalue weighted by atomic mass is 14.9. The van der Waals surface area contributed by atoms with Crippen LogP contribution in [-0.2, 0) is 13.0 Å². The van der Waals surface area contributed by atoms with E-state index in [0.717, 1.165) is 19.5 Å². The van der Waals surface area contributed by atoms with Crippen LogP contribution in [0.2, 0.25) is 0 Å². The normalized spacial score (nSPS) is 24.1. The number of benzene rings is 1. The fourth-order valence-corrected chi connectivity index (χ4v) is 3.07. The van der Waals surface area contributed by atoms with Gasteiger partial charge in [0.2, 0.25) is 0 Å². The third-order valence-electron chi connectivity index (χ3n) is 4.27. The molecule has 3 N–H and O–H groups in total. The molecule has 0 aromatic heterocycles. The van der Waals surface area contributed by atoms with Gasteiger partial charge in [0.05, 0.1) is 0 Å². The summed E-state index contributed by atoms with van der Waals surface area (Å²) in [5.41, 5.74) is 8.79. The molecule has 1 aliphatic rings. The summed E-state index contributed by atoms with van der Waals surface area (Å²) in [4.78, 5) is 0. The van der Waals surface area contributed by atoms with Crippen molar-refractivity contribution in [2.45, 2.75) is 51.6 Å². The predicted molar refractivity (Wildman–Crippen MR) is 77.5 cm³/mol. The Balaban J connectivity index is 1.93. The van der Waals surface area contributed by atoms with Crippen molar-refractivity contribution in [2.24, 2.45) is 11.7 Å². The average Bonchev–Trinajstić information content (AvgIpc) is 2.45. The Morgan fingerprint density at radius 3 is 2.61 bits per heavy atom. The fraction of sp³-hybridized carbons (Fsp3) is 0.625. The first-order valence-corrected chi connectivity index (χ1v) is 7.35. The van der Waals surface area contributed by atoms with Gasteiger partial charge in [-0.05, 0) is 42.9 Å². The molecule has 0 saturated heterocycles. The van der Waals surface area contributed by atoms with Crippen LogP contribution in [0.3, 0.4) is 0 Å². The minimum atomic E-state index is 0.619. The SMILES string of the molecule is CCc1ccccc1CNC1CCCCC1CN. The van der Waals surface area contributed by atoms with E-state index in [1.54, 1.807) is 0 Å². The van der Waals surface area contributed by atoms with Gasteiger partial charge in [-0.25, -0.2) is 0 Å². The van der Waals surface area contributed by atoms with Crippen molar-refractivity contribution >= 4 is 0 Å². The summed E-state index contributed by atoms with van der Waals surface area (Å²) < 4.78 is 0. The van der Waals surface area contributed by atoms with Crippen molar-refractivity contribution in [3.05, 3.63) is 35.4 Å². The molecule has 1 aromatic rings. The summed E-state index contributed by atoms with van der Waals surface area (Å²) in [6, 6.07) is 9.36. The first-order chi connectivity index (χ1) is 8.85. The Bertz CT molecular complexity index is 362. The third kappa shape index (κ3) is 3.33. The maximum absolute atomic E-state index is 5.88. The molecule has 2 atom stereocenters. The van der Waals surface area contributed by atoms with Gasteiger partial charge >= 0.3 is 0 Å². The second-order valence-corrected chi connectivity index (χ2v) is 5.39. The van der Waals surface area contributed by atoms with Crippen LogP contribution in [0.15, 0.2) is 24.3 Å². The molecule has 1 saturated carbocycles. The lowest BCUT2D eigenvalue weighted by Gasteiger charge is -2.31. The predicted octanol–water partition coefficient (Wildman–Crippen LogP) is 2.86. The lowest BCUT2D eigenvalue weighted by molar-refractivity contribution is 0.266. The van der Waals surface area contributed by atoms with Crippen LogP contribution in [0, 0.1) is 5.92 Å². The van der Waals surface area contributed by atoms with Crippen LogP contribution in [-0.4, -0.2) is 12.6 Å². The molecule has 2 nitrogen and oxygen atoms in total. The van der Waals surface area contributed by atoms with E-state index >= 15 is 0 Å². The number of rotatable bonds is 5. The number of hydrogen-bond donors (Lipinski definition) is 2. The highest BCUT2D eigenvalue weighted by Crippen LogP contribution is 2.24. The van der Waals surface area contributed by atoms with Crippen molar-refractivity contribution in [2.75, 3.05) is 6.54 Å². The highest BCUT2D eigenvalue weighted by molar-refractivity contribution is 5.26. The molecule has 0 heterocycles. The Labute approximate surface area is 111 Å². The summed E-state index contributed by atoms with van der Waals surface area (Å²) in [5, 5.41) is 3.73. The highest BCUT2D eigenvalue weighted by Gasteiger charge is 2.23. The van der Waals surface area contributed by atoms with Gasteiger partial charge in [-0.2, -0.15) is 0 Å². The molecule has 0 radical (unpaired) electrons. The van der Waals surface area contributed by atoms with Crippen LogP contribution in [0.1, 0.15) is 43.7 Å². The molecule has 0 bridgehead atoms. The second-order valence-electron chi connectivity index (χ2n) is 5.39. The maximum Gasteiger partial charge on any atom is 0.0210 e. The molecule has 18 heavy (non-hydrogen) atoms. The lowest BCUT2D eigenvalue weighted by Crippen LogP contribution is -2.41. The summed E-state index contributed by atoms with van der Waals surface area (Å²) in [6.45, 7) is 4.04. The summed E-state index contributed by atoms with van der Waals surface area (Å²) in [5.74, 6) is 0.674. The van der Waals surface area contributed by atoms with Gasteiger partial charge in [-0.1, -0.05) is 44.0 Å². The molecule has 2 unspecified atom stereocenters. The standard InChI is InChI=1S/C16H26N2/c1-2-13-7-3-4-9-15(13)12-18-16-10-6-5-8-14(16)11-17/h3-4,7,9,14,16,18H,2,5-6,8,10-12,17H2,1H3. The molecule has 2 rings (SSSR count). The number of nitrogens with one attached hydrogen (secondary N) is 1. The number of nitrogens with two attached hydrogens (primary N) is 1. The minimum absolute atomic E-state index is 0.619. The van der Waals surface area contributed by atoms with Gasteiger partial charge in [0, 0.05) is 12.6 Å². The zero-order valence-corrected chi connectivity index (χ0v) is 11.5. The van der Waals surface area contributed by atoms with E-state index in [2.05, 4.69) is 36.5 Å². The van der Waals surface area contributed by atoms with Crippen molar-refractivity contribution in [3.63, 3.8) is 0 Å². The zero-order chi connectivity index (χ0) is 12.8. The first kappa shape index (κ1) is 13.6.